The highest BCUT2D eigenvalue weighted by atomic mass is 32.2. The van der Waals surface area contributed by atoms with Crippen molar-refractivity contribution in [1.82, 2.24) is 9.71 Å². The van der Waals surface area contributed by atoms with E-state index in [9.17, 15) is 8.42 Å². The number of aromatic nitrogens is 1. The molecule has 7 heteroatoms. The Morgan fingerprint density at radius 1 is 1.03 bits per heavy atom. The van der Waals surface area contributed by atoms with Gasteiger partial charge in [-0.05, 0) is 49.7 Å². The summed E-state index contributed by atoms with van der Waals surface area (Å²) in [7, 11) is -3.64. The molecule has 0 amide bonds. The zero-order valence-electron chi connectivity index (χ0n) is 16.3. The molecule has 0 aliphatic rings. The number of rotatable bonds is 7. The largest absolute Gasteiger partial charge is 0.494 e. The van der Waals surface area contributed by atoms with E-state index in [0.717, 1.165) is 16.5 Å². The Kier molecular flexibility index (Phi) is 6.70. The summed E-state index contributed by atoms with van der Waals surface area (Å²) in [5.41, 5.74) is 1.53. The molecule has 0 bridgehead atoms. The standard InChI is InChI=1S/C22H22N2O4S/c1-3-27-20-12-11-19(16-17(20)2)29(25,26)24-14-4-5-15-28-21-10-6-8-18-9-7-13-23-22(18)21/h6-13,16,24H,3,14-15H2,1-2H3. The van der Waals surface area contributed by atoms with E-state index in [0.29, 0.717) is 18.1 Å². The number of aryl methyl sites for hydroxylation is 1. The van der Waals surface area contributed by atoms with Crippen molar-refractivity contribution >= 4 is 20.9 Å². The maximum atomic E-state index is 12.4. The lowest BCUT2D eigenvalue weighted by Crippen LogP contribution is -2.24. The van der Waals surface area contributed by atoms with Gasteiger partial charge in [0, 0.05) is 11.6 Å². The van der Waals surface area contributed by atoms with E-state index in [1.54, 1.807) is 18.3 Å². The first-order chi connectivity index (χ1) is 14.0. The summed E-state index contributed by atoms with van der Waals surface area (Å²) in [6, 6.07) is 14.3. The van der Waals surface area contributed by atoms with Crippen molar-refractivity contribution in [3.8, 4) is 23.3 Å². The highest BCUT2D eigenvalue weighted by Gasteiger charge is 2.14. The van der Waals surface area contributed by atoms with Crippen molar-refractivity contribution in [2.75, 3.05) is 19.8 Å². The minimum atomic E-state index is -3.64. The van der Waals surface area contributed by atoms with Gasteiger partial charge in [-0.1, -0.05) is 30.0 Å². The van der Waals surface area contributed by atoms with Crippen LogP contribution in [-0.2, 0) is 10.0 Å². The molecule has 3 aromatic rings. The molecule has 0 spiro atoms. The molecular formula is C22H22N2O4S. The molecule has 0 aliphatic heterocycles. The van der Waals surface area contributed by atoms with Crippen LogP contribution in [0.1, 0.15) is 12.5 Å². The molecule has 0 saturated heterocycles. The van der Waals surface area contributed by atoms with Gasteiger partial charge in [-0.25, -0.2) is 8.42 Å². The van der Waals surface area contributed by atoms with Crippen molar-refractivity contribution in [1.29, 1.82) is 0 Å². The van der Waals surface area contributed by atoms with Crippen molar-refractivity contribution in [2.24, 2.45) is 0 Å². The maximum Gasteiger partial charge on any atom is 0.241 e. The lowest BCUT2D eigenvalue weighted by atomic mass is 10.2. The molecule has 1 N–H and O–H groups in total. The third kappa shape index (κ3) is 5.25. The van der Waals surface area contributed by atoms with E-state index in [4.69, 9.17) is 9.47 Å². The van der Waals surface area contributed by atoms with Crippen LogP contribution in [0, 0.1) is 18.8 Å². The second-order valence-corrected chi connectivity index (χ2v) is 7.93. The van der Waals surface area contributed by atoms with Crippen LogP contribution in [0.25, 0.3) is 10.9 Å². The smallest absolute Gasteiger partial charge is 0.241 e. The van der Waals surface area contributed by atoms with Gasteiger partial charge in [-0.2, -0.15) is 4.72 Å². The molecule has 0 fully saturated rings. The number of benzene rings is 2. The summed E-state index contributed by atoms with van der Waals surface area (Å²) in [5.74, 6) is 6.89. The Balaban J connectivity index is 1.56. The molecule has 0 saturated carbocycles. The van der Waals surface area contributed by atoms with Gasteiger partial charge in [-0.3, -0.25) is 4.98 Å². The molecule has 0 unspecified atom stereocenters. The number of ether oxygens (including phenoxy) is 2. The first-order valence-electron chi connectivity index (χ1n) is 9.16. The quantitative estimate of drug-likeness (QED) is 0.605. The van der Waals surface area contributed by atoms with Crippen molar-refractivity contribution in [3.63, 3.8) is 0 Å². The van der Waals surface area contributed by atoms with Crippen LogP contribution in [0.4, 0.5) is 0 Å². The lowest BCUT2D eigenvalue weighted by molar-refractivity contribution is 0.337. The van der Waals surface area contributed by atoms with E-state index in [2.05, 4.69) is 21.5 Å². The summed E-state index contributed by atoms with van der Waals surface area (Å²) < 4.78 is 38.4. The second kappa shape index (κ2) is 9.41. The third-order valence-electron chi connectivity index (χ3n) is 4.13. The van der Waals surface area contributed by atoms with Crippen LogP contribution in [0.3, 0.4) is 0 Å². The second-order valence-electron chi connectivity index (χ2n) is 6.16. The van der Waals surface area contributed by atoms with Gasteiger partial charge in [-0.15, -0.1) is 0 Å². The molecule has 1 heterocycles. The summed E-state index contributed by atoms with van der Waals surface area (Å²) in [5, 5.41) is 0.983. The van der Waals surface area contributed by atoms with Gasteiger partial charge in [0.15, 0.2) is 0 Å². The monoisotopic (exact) mass is 410 g/mol. The van der Waals surface area contributed by atoms with Gasteiger partial charge in [0.05, 0.1) is 18.0 Å². The number of fused-ring (bicyclic) bond motifs is 1. The molecule has 0 aliphatic carbocycles. The maximum absolute atomic E-state index is 12.4. The van der Waals surface area contributed by atoms with Crippen molar-refractivity contribution in [2.45, 2.75) is 18.7 Å². The molecule has 150 valence electrons. The van der Waals surface area contributed by atoms with E-state index in [1.165, 1.54) is 6.07 Å². The molecule has 3 rings (SSSR count). The van der Waals surface area contributed by atoms with Crippen molar-refractivity contribution in [3.05, 3.63) is 60.3 Å². The average Bonchev–Trinajstić information content (AvgIpc) is 2.72. The fourth-order valence-corrected chi connectivity index (χ4v) is 3.75. The first kappa shape index (κ1) is 20.6. The predicted octanol–water partition coefficient (Wildman–Crippen LogP) is 3.30. The molecule has 2 aromatic carbocycles. The Labute approximate surface area is 170 Å². The summed E-state index contributed by atoms with van der Waals surface area (Å²) in [6.07, 6.45) is 1.71. The lowest BCUT2D eigenvalue weighted by Gasteiger charge is -2.09. The summed E-state index contributed by atoms with van der Waals surface area (Å²) in [6.45, 7) is 4.34. The molecule has 0 atom stereocenters. The minimum Gasteiger partial charge on any atom is -0.494 e. The fraction of sp³-hybridized carbons (Fsp3) is 0.227. The molecular weight excluding hydrogens is 388 g/mol. The normalized spacial score (nSPS) is 11.0. The van der Waals surface area contributed by atoms with E-state index < -0.39 is 10.0 Å². The molecule has 6 nitrogen and oxygen atoms in total. The average molecular weight is 410 g/mol. The van der Waals surface area contributed by atoms with Gasteiger partial charge in [0.2, 0.25) is 10.0 Å². The van der Waals surface area contributed by atoms with Crippen LogP contribution in [0.2, 0.25) is 0 Å². The third-order valence-corrected chi connectivity index (χ3v) is 5.53. The van der Waals surface area contributed by atoms with Crippen LogP contribution >= 0.6 is 0 Å². The number of nitrogens with zero attached hydrogens (tertiary/aromatic N) is 1. The highest BCUT2D eigenvalue weighted by Crippen LogP contribution is 2.23. The van der Waals surface area contributed by atoms with E-state index in [-0.39, 0.29) is 18.0 Å². The Morgan fingerprint density at radius 3 is 2.66 bits per heavy atom. The van der Waals surface area contributed by atoms with Gasteiger partial charge < -0.3 is 9.47 Å². The first-order valence-corrected chi connectivity index (χ1v) is 10.6. The highest BCUT2D eigenvalue weighted by molar-refractivity contribution is 7.89. The SMILES string of the molecule is CCOc1ccc(S(=O)(=O)NCC#CCOc2cccc3cccnc23)cc1C. The van der Waals surface area contributed by atoms with Crippen LogP contribution < -0.4 is 14.2 Å². The van der Waals surface area contributed by atoms with Crippen LogP contribution in [0.15, 0.2) is 59.6 Å². The van der Waals surface area contributed by atoms with E-state index >= 15 is 0 Å². The predicted molar refractivity (Wildman–Crippen MR) is 113 cm³/mol. The Hall–Kier alpha value is -3.08. The number of hydrogen-bond donors (Lipinski definition) is 1. The molecule has 29 heavy (non-hydrogen) atoms. The zero-order chi connectivity index (χ0) is 20.7. The zero-order valence-corrected chi connectivity index (χ0v) is 17.1. The molecule has 1 aromatic heterocycles. The number of pyridine rings is 1. The van der Waals surface area contributed by atoms with Crippen LogP contribution in [0.5, 0.6) is 11.5 Å². The topological polar surface area (TPSA) is 77.5 Å². The number of sulfonamides is 1. The van der Waals surface area contributed by atoms with E-state index in [1.807, 2.05) is 44.2 Å². The van der Waals surface area contributed by atoms with Gasteiger partial charge >= 0.3 is 0 Å². The number of hydrogen-bond acceptors (Lipinski definition) is 5. The Bertz CT molecular complexity index is 1160. The fourth-order valence-electron chi connectivity index (χ4n) is 2.74. The van der Waals surface area contributed by atoms with Crippen molar-refractivity contribution < 1.29 is 17.9 Å². The minimum absolute atomic E-state index is 0.00819. The number of nitrogens with one attached hydrogen (secondary N) is 1. The van der Waals surface area contributed by atoms with Crippen LogP contribution in [-0.4, -0.2) is 33.2 Å². The summed E-state index contributed by atoms with van der Waals surface area (Å²) >= 11 is 0. The molecule has 0 radical (unpaired) electrons. The summed E-state index contributed by atoms with van der Waals surface area (Å²) in [4.78, 5) is 4.49. The van der Waals surface area contributed by atoms with Gasteiger partial charge in [0.25, 0.3) is 0 Å². The Morgan fingerprint density at radius 2 is 1.86 bits per heavy atom. The van der Waals surface area contributed by atoms with Gasteiger partial charge in [0.1, 0.15) is 23.6 Å². The number of para-hydroxylation sites is 1.